The summed E-state index contributed by atoms with van der Waals surface area (Å²) in [6, 6.07) is 13.2. The average Bonchev–Trinajstić information content (AvgIpc) is 3.00. The second-order valence-corrected chi connectivity index (χ2v) is 6.69. The number of nitrogens with one attached hydrogen (secondary N) is 1. The minimum atomic E-state index is -0.660. The molecule has 0 spiro atoms. The van der Waals surface area contributed by atoms with E-state index in [1.807, 2.05) is 55.4 Å². The second-order valence-electron chi connectivity index (χ2n) is 6.69. The number of hydrogen-bond acceptors (Lipinski definition) is 5. The predicted octanol–water partition coefficient (Wildman–Crippen LogP) is 2.45. The van der Waals surface area contributed by atoms with Crippen LogP contribution in [0, 0.1) is 13.8 Å². The lowest BCUT2D eigenvalue weighted by molar-refractivity contribution is -0.117. The number of benzene rings is 1. The molecule has 0 aliphatic heterocycles. The van der Waals surface area contributed by atoms with Gasteiger partial charge in [-0.05, 0) is 32.0 Å². The summed E-state index contributed by atoms with van der Waals surface area (Å²) in [5.41, 5.74) is 3.17. The normalized spacial score (nSPS) is 10.6. The van der Waals surface area contributed by atoms with Crippen molar-refractivity contribution < 1.29 is 9.59 Å². The van der Waals surface area contributed by atoms with Gasteiger partial charge in [0.05, 0.1) is 22.6 Å². The highest BCUT2D eigenvalue weighted by atomic mass is 16.2. The van der Waals surface area contributed by atoms with Gasteiger partial charge in [-0.3, -0.25) is 9.59 Å². The number of anilines is 1. The zero-order valence-corrected chi connectivity index (χ0v) is 16.4. The number of Topliss-reactive ketones (excluding diaryl/α,β-unsaturated/α-hetero) is 1. The summed E-state index contributed by atoms with van der Waals surface area (Å²) in [5.74, 6) is -0.501. The summed E-state index contributed by atoms with van der Waals surface area (Å²) in [7, 11) is 3.76. The molecule has 0 aliphatic carbocycles. The van der Waals surface area contributed by atoms with E-state index in [-0.39, 0.29) is 6.54 Å². The molecule has 0 unspecified atom stereocenters. The lowest BCUT2D eigenvalue weighted by Gasteiger charge is -2.15. The van der Waals surface area contributed by atoms with Crippen molar-refractivity contribution in [2.75, 3.05) is 19.0 Å². The standard InChI is InChI=1S/C21H23N5O2/c1-14-18(15(2)26(24-14)17-10-6-5-7-11-17)19(27)21(28)23-13-16-9-8-12-22-20(16)25(3)4/h5-12H,13H2,1-4H3,(H,23,28). The molecule has 0 atom stereocenters. The van der Waals surface area contributed by atoms with Crippen molar-refractivity contribution in [3.05, 3.63) is 71.2 Å². The molecule has 144 valence electrons. The fraction of sp³-hybridized carbons (Fsp3) is 0.238. The predicted molar refractivity (Wildman–Crippen MR) is 108 cm³/mol. The molecule has 0 radical (unpaired) electrons. The van der Waals surface area contributed by atoms with Gasteiger partial charge in [0.1, 0.15) is 5.82 Å². The Kier molecular flexibility index (Phi) is 5.54. The van der Waals surface area contributed by atoms with E-state index in [1.54, 1.807) is 30.8 Å². The van der Waals surface area contributed by atoms with E-state index in [2.05, 4.69) is 15.4 Å². The molecule has 0 saturated carbocycles. The molecule has 1 amide bonds. The number of carbonyl (C=O) groups excluding carboxylic acids is 2. The Morgan fingerprint density at radius 2 is 1.79 bits per heavy atom. The number of nitrogens with zero attached hydrogens (tertiary/aromatic N) is 4. The molecule has 0 bridgehead atoms. The fourth-order valence-electron chi connectivity index (χ4n) is 3.13. The topological polar surface area (TPSA) is 80.1 Å². The van der Waals surface area contributed by atoms with Crippen LogP contribution in [0.15, 0.2) is 48.7 Å². The van der Waals surface area contributed by atoms with Crippen LogP contribution in [-0.4, -0.2) is 40.6 Å². The van der Waals surface area contributed by atoms with Crippen LogP contribution >= 0.6 is 0 Å². The number of ketones is 1. The summed E-state index contributed by atoms with van der Waals surface area (Å²) >= 11 is 0. The number of amides is 1. The zero-order valence-electron chi connectivity index (χ0n) is 16.4. The lowest BCUT2D eigenvalue weighted by Crippen LogP contribution is -2.32. The summed E-state index contributed by atoms with van der Waals surface area (Å²) in [5, 5.41) is 7.14. The van der Waals surface area contributed by atoms with Crippen molar-refractivity contribution in [2.24, 2.45) is 0 Å². The Morgan fingerprint density at radius 1 is 1.07 bits per heavy atom. The van der Waals surface area contributed by atoms with Gasteiger partial charge in [-0.1, -0.05) is 24.3 Å². The second kappa shape index (κ2) is 8.04. The SMILES string of the molecule is Cc1nn(-c2ccccc2)c(C)c1C(=O)C(=O)NCc1cccnc1N(C)C. The molecule has 7 nitrogen and oxygen atoms in total. The van der Waals surface area contributed by atoms with E-state index in [0.717, 1.165) is 17.1 Å². The third kappa shape index (κ3) is 3.78. The van der Waals surface area contributed by atoms with Gasteiger partial charge in [-0.2, -0.15) is 5.10 Å². The van der Waals surface area contributed by atoms with Crippen molar-refractivity contribution in [1.29, 1.82) is 0 Å². The quantitative estimate of drug-likeness (QED) is 0.527. The van der Waals surface area contributed by atoms with Crippen LogP contribution in [0.3, 0.4) is 0 Å². The number of pyridine rings is 1. The zero-order chi connectivity index (χ0) is 20.3. The summed E-state index contributed by atoms with van der Waals surface area (Å²) in [6.07, 6.45) is 1.69. The first-order chi connectivity index (χ1) is 13.4. The Bertz CT molecular complexity index is 1010. The van der Waals surface area contributed by atoms with Gasteiger partial charge in [0.15, 0.2) is 0 Å². The molecular weight excluding hydrogens is 354 g/mol. The minimum absolute atomic E-state index is 0.219. The largest absolute Gasteiger partial charge is 0.362 e. The van der Waals surface area contributed by atoms with E-state index in [4.69, 9.17) is 0 Å². The number of hydrogen-bond donors (Lipinski definition) is 1. The highest BCUT2D eigenvalue weighted by Gasteiger charge is 2.25. The van der Waals surface area contributed by atoms with Gasteiger partial charge >= 0.3 is 0 Å². The maximum Gasteiger partial charge on any atom is 0.292 e. The molecule has 1 aromatic carbocycles. The molecule has 3 aromatic rings. The Hall–Kier alpha value is -3.48. The molecule has 0 aliphatic rings. The number of carbonyl (C=O) groups is 2. The monoisotopic (exact) mass is 377 g/mol. The highest BCUT2D eigenvalue weighted by molar-refractivity contribution is 6.43. The maximum atomic E-state index is 12.8. The third-order valence-corrected chi connectivity index (χ3v) is 4.46. The van der Waals surface area contributed by atoms with Crippen molar-refractivity contribution in [3.8, 4) is 5.69 Å². The third-order valence-electron chi connectivity index (χ3n) is 4.46. The van der Waals surface area contributed by atoms with Crippen molar-refractivity contribution in [1.82, 2.24) is 20.1 Å². The Labute approximate surface area is 164 Å². The molecule has 0 fully saturated rings. The minimum Gasteiger partial charge on any atom is -0.362 e. The lowest BCUT2D eigenvalue weighted by atomic mass is 10.1. The van der Waals surface area contributed by atoms with Gasteiger partial charge in [0.25, 0.3) is 11.7 Å². The first-order valence-electron chi connectivity index (χ1n) is 8.95. The van der Waals surface area contributed by atoms with Crippen molar-refractivity contribution in [3.63, 3.8) is 0 Å². The average molecular weight is 377 g/mol. The number of aryl methyl sites for hydroxylation is 1. The summed E-state index contributed by atoms with van der Waals surface area (Å²) in [6.45, 7) is 3.74. The van der Waals surface area contributed by atoms with Crippen LogP contribution in [0.5, 0.6) is 0 Å². The molecule has 0 saturated heterocycles. The van der Waals surface area contributed by atoms with Crippen molar-refractivity contribution in [2.45, 2.75) is 20.4 Å². The molecule has 3 rings (SSSR count). The van der Waals surface area contributed by atoms with Gasteiger partial charge in [0.2, 0.25) is 0 Å². The van der Waals surface area contributed by atoms with Gasteiger partial charge in [-0.15, -0.1) is 0 Å². The van der Waals surface area contributed by atoms with Crippen LogP contribution in [0.25, 0.3) is 5.69 Å². The van der Waals surface area contributed by atoms with Crippen molar-refractivity contribution >= 4 is 17.5 Å². The number of aromatic nitrogens is 3. The van der Waals surface area contributed by atoms with Crippen LogP contribution in [0.2, 0.25) is 0 Å². The van der Waals surface area contributed by atoms with E-state index in [1.165, 1.54) is 0 Å². The smallest absolute Gasteiger partial charge is 0.292 e. The van der Waals surface area contributed by atoms with E-state index < -0.39 is 11.7 Å². The molecule has 2 aromatic heterocycles. The number of para-hydroxylation sites is 1. The first kappa shape index (κ1) is 19.3. The Morgan fingerprint density at radius 3 is 2.46 bits per heavy atom. The molecular formula is C21H23N5O2. The molecule has 28 heavy (non-hydrogen) atoms. The molecule has 2 heterocycles. The summed E-state index contributed by atoms with van der Waals surface area (Å²) < 4.78 is 1.68. The molecule has 1 N–H and O–H groups in total. The highest BCUT2D eigenvalue weighted by Crippen LogP contribution is 2.19. The van der Waals surface area contributed by atoms with Gasteiger partial charge < -0.3 is 10.2 Å². The van der Waals surface area contributed by atoms with Gasteiger partial charge in [-0.25, -0.2) is 9.67 Å². The van der Waals surface area contributed by atoms with Crippen LogP contribution < -0.4 is 10.2 Å². The van der Waals surface area contributed by atoms with Crippen LogP contribution in [-0.2, 0) is 11.3 Å². The van der Waals surface area contributed by atoms with Crippen LogP contribution in [0.1, 0.15) is 27.3 Å². The first-order valence-corrected chi connectivity index (χ1v) is 8.95. The molecule has 7 heteroatoms. The maximum absolute atomic E-state index is 12.8. The van der Waals surface area contributed by atoms with E-state index in [0.29, 0.717) is 17.0 Å². The number of rotatable bonds is 6. The fourth-order valence-corrected chi connectivity index (χ4v) is 3.13. The van der Waals surface area contributed by atoms with Gasteiger partial charge in [0, 0.05) is 32.4 Å². The van der Waals surface area contributed by atoms with Crippen LogP contribution in [0.4, 0.5) is 5.82 Å². The Balaban J connectivity index is 1.80. The summed E-state index contributed by atoms with van der Waals surface area (Å²) in [4.78, 5) is 31.5. The van der Waals surface area contributed by atoms with E-state index >= 15 is 0 Å². The van der Waals surface area contributed by atoms with E-state index in [9.17, 15) is 9.59 Å².